The van der Waals surface area contributed by atoms with Crippen molar-refractivity contribution >= 4 is 11.9 Å². The average Bonchev–Trinajstić information content (AvgIpc) is 2.29. The van der Waals surface area contributed by atoms with Gasteiger partial charge in [0.2, 0.25) is 0 Å². The molecule has 18 heavy (non-hydrogen) atoms. The summed E-state index contributed by atoms with van der Waals surface area (Å²) < 4.78 is 5.32. The fourth-order valence-electron chi connectivity index (χ4n) is 1.36. The van der Waals surface area contributed by atoms with Crippen LogP contribution < -0.4 is 10.5 Å². The van der Waals surface area contributed by atoms with Crippen LogP contribution in [-0.4, -0.2) is 34.3 Å². The topological polar surface area (TPSA) is 110 Å². The first-order chi connectivity index (χ1) is 8.40. The van der Waals surface area contributed by atoms with Crippen LogP contribution in [-0.2, 0) is 9.59 Å². The summed E-state index contributed by atoms with van der Waals surface area (Å²) in [7, 11) is 0. The molecule has 6 heteroatoms. The van der Waals surface area contributed by atoms with E-state index in [1.807, 2.05) is 6.92 Å². The molecule has 98 valence electrons. The average molecular weight is 253 g/mol. The van der Waals surface area contributed by atoms with E-state index in [0.29, 0.717) is 5.75 Å². The van der Waals surface area contributed by atoms with Crippen LogP contribution in [0.2, 0.25) is 0 Å². The smallest absolute Gasteiger partial charge is 0.324 e. The number of hydrogen-bond acceptors (Lipinski definition) is 4. The minimum atomic E-state index is -1.39. The number of rotatable bonds is 6. The summed E-state index contributed by atoms with van der Waals surface area (Å²) in [6, 6.07) is 5.44. The van der Waals surface area contributed by atoms with Gasteiger partial charge in [-0.2, -0.15) is 0 Å². The maximum atomic E-state index is 10.8. The molecule has 0 aromatic heterocycles. The SMILES string of the molecule is Cc1ccc(OC(CC(=O)O)[C@H](N)C(=O)O)cc1. The molecule has 0 fully saturated rings. The Kier molecular flexibility index (Phi) is 4.67. The first-order valence-corrected chi connectivity index (χ1v) is 5.33. The van der Waals surface area contributed by atoms with Crippen LogP contribution in [0.3, 0.4) is 0 Å². The first-order valence-electron chi connectivity index (χ1n) is 5.33. The highest BCUT2D eigenvalue weighted by molar-refractivity contribution is 5.76. The molecular weight excluding hydrogens is 238 g/mol. The zero-order valence-electron chi connectivity index (χ0n) is 9.87. The van der Waals surface area contributed by atoms with Crippen molar-refractivity contribution in [2.75, 3.05) is 0 Å². The second-order valence-electron chi connectivity index (χ2n) is 3.93. The Bertz CT molecular complexity index is 429. The number of carboxylic acids is 2. The summed E-state index contributed by atoms with van der Waals surface area (Å²) >= 11 is 0. The highest BCUT2D eigenvalue weighted by Gasteiger charge is 2.28. The molecule has 6 nitrogen and oxygen atoms in total. The summed E-state index contributed by atoms with van der Waals surface area (Å²) in [5, 5.41) is 17.5. The highest BCUT2D eigenvalue weighted by atomic mass is 16.5. The molecule has 1 aromatic rings. The molecule has 1 aromatic carbocycles. The van der Waals surface area contributed by atoms with Crippen molar-refractivity contribution in [2.45, 2.75) is 25.5 Å². The Hall–Kier alpha value is -2.08. The van der Waals surface area contributed by atoms with E-state index < -0.39 is 30.5 Å². The molecule has 2 atom stereocenters. The zero-order chi connectivity index (χ0) is 13.7. The van der Waals surface area contributed by atoms with Crippen molar-refractivity contribution in [1.29, 1.82) is 0 Å². The fourth-order valence-corrected chi connectivity index (χ4v) is 1.36. The number of ether oxygens (including phenoxy) is 1. The van der Waals surface area contributed by atoms with Crippen LogP contribution in [0, 0.1) is 6.92 Å². The summed E-state index contributed by atoms with van der Waals surface area (Å²) in [6.45, 7) is 1.89. The van der Waals surface area contributed by atoms with Crippen molar-refractivity contribution in [3.8, 4) is 5.75 Å². The van der Waals surface area contributed by atoms with Gasteiger partial charge in [-0.05, 0) is 19.1 Å². The molecule has 0 radical (unpaired) electrons. The molecule has 0 saturated carbocycles. The second kappa shape index (κ2) is 6.02. The van der Waals surface area contributed by atoms with E-state index in [1.54, 1.807) is 24.3 Å². The number of benzene rings is 1. The second-order valence-corrected chi connectivity index (χ2v) is 3.93. The Labute approximate surface area is 104 Å². The minimum Gasteiger partial charge on any atom is -0.488 e. The molecule has 0 saturated heterocycles. The molecule has 0 spiro atoms. The lowest BCUT2D eigenvalue weighted by atomic mass is 10.1. The standard InChI is InChI=1S/C12H15NO5/c1-7-2-4-8(5-3-7)18-9(6-10(14)15)11(13)12(16)17/h2-5,9,11H,6,13H2,1H3,(H,14,15)(H,16,17)/t9?,11-/m0/s1. The predicted octanol–water partition coefficient (Wildman–Crippen LogP) is 0.629. The Morgan fingerprint density at radius 2 is 1.83 bits per heavy atom. The van der Waals surface area contributed by atoms with Crippen molar-refractivity contribution in [1.82, 2.24) is 0 Å². The third-order valence-electron chi connectivity index (χ3n) is 2.37. The van der Waals surface area contributed by atoms with Crippen molar-refractivity contribution in [3.05, 3.63) is 29.8 Å². The van der Waals surface area contributed by atoms with Crippen molar-refractivity contribution < 1.29 is 24.5 Å². The van der Waals surface area contributed by atoms with E-state index in [1.165, 1.54) is 0 Å². The summed E-state index contributed by atoms with van der Waals surface area (Å²) in [4.78, 5) is 21.4. The number of hydrogen-bond donors (Lipinski definition) is 3. The molecule has 1 rings (SSSR count). The quantitative estimate of drug-likeness (QED) is 0.685. The summed E-state index contributed by atoms with van der Waals surface area (Å²) in [5.41, 5.74) is 6.41. The van der Waals surface area contributed by atoms with Gasteiger partial charge in [0.1, 0.15) is 17.9 Å². The number of nitrogens with two attached hydrogens (primary N) is 1. The van der Waals surface area contributed by atoms with Crippen LogP contribution in [0.1, 0.15) is 12.0 Å². The number of aryl methyl sites for hydroxylation is 1. The Balaban J connectivity index is 2.80. The van der Waals surface area contributed by atoms with E-state index in [4.69, 9.17) is 20.7 Å². The van der Waals surface area contributed by atoms with E-state index in [2.05, 4.69) is 0 Å². The molecular formula is C12H15NO5. The maximum absolute atomic E-state index is 10.8. The van der Waals surface area contributed by atoms with Crippen LogP contribution >= 0.6 is 0 Å². The molecule has 0 heterocycles. The van der Waals surface area contributed by atoms with Crippen LogP contribution in [0.25, 0.3) is 0 Å². The van der Waals surface area contributed by atoms with Gasteiger partial charge in [0, 0.05) is 0 Å². The highest BCUT2D eigenvalue weighted by Crippen LogP contribution is 2.16. The van der Waals surface area contributed by atoms with Crippen LogP contribution in [0.5, 0.6) is 5.75 Å². The van der Waals surface area contributed by atoms with Gasteiger partial charge in [-0.1, -0.05) is 17.7 Å². The zero-order valence-corrected chi connectivity index (χ0v) is 9.87. The normalized spacial score (nSPS) is 13.7. The van der Waals surface area contributed by atoms with Crippen LogP contribution in [0.4, 0.5) is 0 Å². The van der Waals surface area contributed by atoms with E-state index in [9.17, 15) is 9.59 Å². The van der Waals surface area contributed by atoms with Gasteiger partial charge in [0.15, 0.2) is 0 Å². The third kappa shape index (κ3) is 4.06. The van der Waals surface area contributed by atoms with E-state index >= 15 is 0 Å². The van der Waals surface area contributed by atoms with Gasteiger partial charge in [-0.3, -0.25) is 9.59 Å². The molecule has 0 aliphatic rings. The van der Waals surface area contributed by atoms with Gasteiger partial charge < -0.3 is 20.7 Å². The maximum Gasteiger partial charge on any atom is 0.324 e. The lowest BCUT2D eigenvalue weighted by Gasteiger charge is -2.20. The molecule has 0 aliphatic heterocycles. The molecule has 0 aliphatic carbocycles. The first kappa shape index (κ1) is 14.0. The van der Waals surface area contributed by atoms with Crippen molar-refractivity contribution in [3.63, 3.8) is 0 Å². The van der Waals surface area contributed by atoms with Gasteiger partial charge in [-0.15, -0.1) is 0 Å². The van der Waals surface area contributed by atoms with Gasteiger partial charge in [-0.25, -0.2) is 0 Å². The summed E-state index contributed by atoms with van der Waals surface area (Å²) in [6.07, 6.45) is -1.58. The third-order valence-corrected chi connectivity index (χ3v) is 2.37. The van der Waals surface area contributed by atoms with Gasteiger partial charge in [0.25, 0.3) is 0 Å². The fraction of sp³-hybridized carbons (Fsp3) is 0.333. The number of carboxylic acid groups (broad SMARTS) is 2. The number of aliphatic carboxylic acids is 2. The Morgan fingerprint density at radius 3 is 2.28 bits per heavy atom. The Morgan fingerprint density at radius 1 is 1.28 bits per heavy atom. The number of carbonyl (C=O) groups is 2. The molecule has 4 N–H and O–H groups in total. The van der Waals surface area contributed by atoms with E-state index in [-0.39, 0.29) is 0 Å². The van der Waals surface area contributed by atoms with Crippen LogP contribution in [0.15, 0.2) is 24.3 Å². The minimum absolute atomic E-state index is 0.392. The van der Waals surface area contributed by atoms with Gasteiger partial charge in [0.05, 0.1) is 6.42 Å². The molecule has 1 unspecified atom stereocenters. The predicted molar refractivity (Wildman–Crippen MR) is 63.5 cm³/mol. The lowest BCUT2D eigenvalue weighted by molar-refractivity contribution is -0.143. The summed E-state index contributed by atoms with van der Waals surface area (Å²) in [5.74, 6) is -2.07. The molecule has 0 bridgehead atoms. The van der Waals surface area contributed by atoms with E-state index in [0.717, 1.165) is 5.56 Å². The van der Waals surface area contributed by atoms with Crippen molar-refractivity contribution in [2.24, 2.45) is 5.73 Å². The lowest BCUT2D eigenvalue weighted by Crippen LogP contribution is -2.46. The largest absolute Gasteiger partial charge is 0.488 e. The van der Waals surface area contributed by atoms with Gasteiger partial charge >= 0.3 is 11.9 Å². The molecule has 0 amide bonds. The monoisotopic (exact) mass is 253 g/mol.